The molecule has 1 N–H and O–H groups in total. The summed E-state index contributed by atoms with van der Waals surface area (Å²) in [5.74, 6) is -1.83. The molecule has 0 aliphatic carbocycles. The van der Waals surface area contributed by atoms with Gasteiger partial charge in [0.05, 0.1) is 17.7 Å². The summed E-state index contributed by atoms with van der Waals surface area (Å²) in [6.07, 6.45) is 0.834. The number of amides is 4. The number of benzene rings is 3. The lowest BCUT2D eigenvalue weighted by Gasteiger charge is -2.27. The van der Waals surface area contributed by atoms with E-state index in [0.29, 0.717) is 18.8 Å². The fourth-order valence-corrected chi connectivity index (χ4v) is 4.28. The number of hydrogen-bond donors (Lipinski definition) is 1. The number of nitrogens with zero attached hydrogens (tertiary/aromatic N) is 1. The Hall–Kier alpha value is -4.00. The van der Waals surface area contributed by atoms with Gasteiger partial charge in [0.25, 0.3) is 11.8 Å². The fourth-order valence-electron chi connectivity index (χ4n) is 4.28. The Morgan fingerprint density at radius 3 is 2.53 bits per heavy atom. The highest BCUT2D eigenvalue weighted by molar-refractivity contribution is 6.24. The van der Waals surface area contributed by atoms with Crippen molar-refractivity contribution in [2.45, 2.75) is 25.3 Å². The third-order valence-corrected chi connectivity index (χ3v) is 5.89. The highest BCUT2D eigenvalue weighted by Crippen LogP contribution is 2.33. The molecule has 7 heteroatoms. The zero-order chi connectivity index (χ0) is 22.2. The van der Waals surface area contributed by atoms with Crippen molar-refractivity contribution in [1.82, 2.24) is 10.2 Å². The summed E-state index contributed by atoms with van der Waals surface area (Å²) in [4.78, 5) is 50.6. The lowest BCUT2D eigenvalue weighted by Crippen LogP contribution is -2.54. The molecule has 0 radical (unpaired) electrons. The van der Waals surface area contributed by atoms with E-state index in [9.17, 15) is 19.2 Å². The molecule has 0 aromatic heterocycles. The van der Waals surface area contributed by atoms with Crippen molar-refractivity contribution in [3.05, 3.63) is 77.4 Å². The molecule has 5 rings (SSSR count). The van der Waals surface area contributed by atoms with E-state index in [1.54, 1.807) is 18.2 Å². The van der Waals surface area contributed by atoms with Gasteiger partial charge in [-0.1, -0.05) is 48.5 Å². The Morgan fingerprint density at radius 1 is 0.906 bits per heavy atom. The molecule has 4 amide bonds. The number of hydrogen-bond acceptors (Lipinski definition) is 5. The molecule has 0 bridgehead atoms. The van der Waals surface area contributed by atoms with Gasteiger partial charge in [0.1, 0.15) is 11.8 Å². The lowest BCUT2D eigenvalue weighted by atomic mass is 10.0. The van der Waals surface area contributed by atoms with Crippen LogP contribution in [-0.2, 0) is 16.0 Å². The lowest BCUT2D eigenvalue weighted by molar-refractivity contribution is -0.136. The monoisotopic (exact) mass is 428 g/mol. The summed E-state index contributed by atoms with van der Waals surface area (Å²) in [5, 5.41) is 4.51. The number of piperidine rings is 1. The van der Waals surface area contributed by atoms with E-state index in [1.165, 1.54) is 0 Å². The van der Waals surface area contributed by atoms with E-state index < -0.39 is 29.7 Å². The van der Waals surface area contributed by atoms with Gasteiger partial charge < -0.3 is 4.74 Å². The molecule has 1 fully saturated rings. The second-order valence-corrected chi connectivity index (χ2v) is 7.91. The van der Waals surface area contributed by atoms with Crippen LogP contribution in [-0.4, -0.2) is 41.2 Å². The Balaban J connectivity index is 1.33. The molecule has 1 atom stereocenters. The average molecular weight is 428 g/mol. The second kappa shape index (κ2) is 7.92. The molecule has 1 unspecified atom stereocenters. The van der Waals surface area contributed by atoms with Crippen molar-refractivity contribution in [2.75, 3.05) is 6.61 Å². The summed E-state index contributed by atoms with van der Waals surface area (Å²) in [7, 11) is 0. The third kappa shape index (κ3) is 3.41. The molecule has 0 spiro atoms. The molecule has 2 heterocycles. The van der Waals surface area contributed by atoms with Crippen LogP contribution in [0.1, 0.15) is 39.1 Å². The van der Waals surface area contributed by atoms with E-state index in [0.717, 1.165) is 21.2 Å². The predicted octanol–water partition coefficient (Wildman–Crippen LogP) is 2.86. The van der Waals surface area contributed by atoms with E-state index in [4.69, 9.17) is 4.74 Å². The largest absolute Gasteiger partial charge is 0.492 e. The zero-order valence-corrected chi connectivity index (χ0v) is 17.2. The van der Waals surface area contributed by atoms with Crippen LogP contribution in [0.4, 0.5) is 0 Å². The molecule has 3 aromatic rings. The maximum absolute atomic E-state index is 13.1. The highest BCUT2D eigenvalue weighted by atomic mass is 16.5. The van der Waals surface area contributed by atoms with Gasteiger partial charge in [0.15, 0.2) is 0 Å². The van der Waals surface area contributed by atoms with Gasteiger partial charge in [-0.25, -0.2) is 0 Å². The quantitative estimate of drug-likeness (QED) is 0.631. The first-order valence-corrected chi connectivity index (χ1v) is 10.5. The molecule has 1 saturated heterocycles. The summed E-state index contributed by atoms with van der Waals surface area (Å²) in [5.41, 5.74) is 1.48. The molecular formula is C25H20N2O5. The van der Waals surface area contributed by atoms with E-state index >= 15 is 0 Å². The van der Waals surface area contributed by atoms with Crippen LogP contribution in [0.15, 0.2) is 60.7 Å². The van der Waals surface area contributed by atoms with E-state index in [2.05, 4.69) is 29.6 Å². The number of imide groups is 2. The summed E-state index contributed by atoms with van der Waals surface area (Å²) >= 11 is 0. The Kier molecular flexibility index (Phi) is 4.93. The van der Waals surface area contributed by atoms with Crippen LogP contribution in [0.25, 0.3) is 10.8 Å². The zero-order valence-electron chi connectivity index (χ0n) is 17.2. The minimum Gasteiger partial charge on any atom is -0.492 e. The Labute approximate surface area is 184 Å². The van der Waals surface area contributed by atoms with Crippen molar-refractivity contribution in [3.63, 3.8) is 0 Å². The van der Waals surface area contributed by atoms with Crippen LogP contribution < -0.4 is 10.1 Å². The summed E-state index contributed by atoms with van der Waals surface area (Å²) in [6, 6.07) is 18.2. The Bertz CT molecular complexity index is 1280. The normalized spacial score (nSPS) is 18.1. The van der Waals surface area contributed by atoms with Crippen LogP contribution in [0, 0.1) is 0 Å². The molecule has 160 valence electrons. The van der Waals surface area contributed by atoms with Crippen molar-refractivity contribution in [3.8, 4) is 5.75 Å². The number of rotatable bonds is 5. The predicted molar refractivity (Wildman–Crippen MR) is 116 cm³/mol. The first-order chi connectivity index (χ1) is 15.5. The standard InChI is InChI=1S/C25H20N2O5/c28-21-11-10-19(23(29)26-21)27-24(30)18-6-3-7-20(22(18)25(27)31)32-13-12-15-8-9-16-4-1-2-5-17(16)14-15/h1-9,14,19H,10-13H2,(H,26,28,29). The molecule has 2 aliphatic rings. The summed E-state index contributed by atoms with van der Waals surface area (Å²) < 4.78 is 5.91. The maximum Gasteiger partial charge on any atom is 0.266 e. The molecular weight excluding hydrogens is 408 g/mol. The highest BCUT2D eigenvalue weighted by Gasteiger charge is 2.45. The van der Waals surface area contributed by atoms with Gasteiger partial charge in [0, 0.05) is 12.8 Å². The first kappa shape index (κ1) is 19.9. The molecule has 0 saturated carbocycles. The van der Waals surface area contributed by atoms with E-state index in [-0.39, 0.29) is 24.0 Å². The average Bonchev–Trinajstić information content (AvgIpc) is 3.05. The van der Waals surface area contributed by atoms with Gasteiger partial charge in [-0.05, 0) is 34.9 Å². The molecule has 2 aliphatic heterocycles. The van der Waals surface area contributed by atoms with Crippen molar-refractivity contribution >= 4 is 34.4 Å². The minimum absolute atomic E-state index is 0.0823. The van der Waals surface area contributed by atoms with E-state index in [1.807, 2.05) is 18.2 Å². The van der Waals surface area contributed by atoms with Crippen molar-refractivity contribution in [1.29, 1.82) is 0 Å². The topological polar surface area (TPSA) is 92.8 Å². The number of carbonyl (C=O) groups excluding carboxylic acids is 4. The smallest absolute Gasteiger partial charge is 0.266 e. The van der Waals surface area contributed by atoms with Crippen LogP contribution >= 0.6 is 0 Å². The van der Waals surface area contributed by atoms with Gasteiger partial charge in [-0.2, -0.15) is 0 Å². The number of carbonyl (C=O) groups is 4. The SMILES string of the molecule is O=C1CCC(N2C(=O)c3cccc(OCCc4ccc5ccccc5c4)c3C2=O)C(=O)N1. The number of ether oxygens (including phenoxy) is 1. The third-order valence-electron chi connectivity index (χ3n) is 5.89. The van der Waals surface area contributed by atoms with Gasteiger partial charge in [0.2, 0.25) is 11.8 Å². The van der Waals surface area contributed by atoms with Crippen LogP contribution in [0.2, 0.25) is 0 Å². The van der Waals surface area contributed by atoms with Gasteiger partial charge in [-0.15, -0.1) is 0 Å². The molecule has 3 aromatic carbocycles. The summed E-state index contributed by atoms with van der Waals surface area (Å²) in [6.45, 7) is 0.328. The van der Waals surface area contributed by atoms with Gasteiger partial charge in [-0.3, -0.25) is 29.4 Å². The van der Waals surface area contributed by atoms with Crippen molar-refractivity contribution < 1.29 is 23.9 Å². The van der Waals surface area contributed by atoms with Crippen LogP contribution in [0.5, 0.6) is 5.75 Å². The first-order valence-electron chi connectivity index (χ1n) is 10.5. The molecule has 7 nitrogen and oxygen atoms in total. The number of nitrogens with one attached hydrogen (secondary N) is 1. The van der Waals surface area contributed by atoms with Gasteiger partial charge >= 0.3 is 0 Å². The maximum atomic E-state index is 13.1. The number of fused-ring (bicyclic) bond motifs is 2. The second-order valence-electron chi connectivity index (χ2n) is 7.91. The minimum atomic E-state index is -0.995. The van der Waals surface area contributed by atoms with Crippen molar-refractivity contribution in [2.24, 2.45) is 0 Å². The van der Waals surface area contributed by atoms with Crippen LogP contribution in [0.3, 0.4) is 0 Å². The molecule has 32 heavy (non-hydrogen) atoms. The fraction of sp³-hybridized carbons (Fsp3) is 0.200. The Morgan fingerprint density at radius 2 is 1.72 bits per heavy atom.